The molecule has 0 aliphatic carbocycles. The zero-order valence-corrected chi connectivity index (χ0v) is 24.4. The first kappa shape index (κ1) is 30.9. The first-order valence-electron chi connectivity index (χ1n) is 13.8. The summed E-state index contributed by atoms with van der Waals surface area (Å²) in [4.78, 5) is 67.0. The largest absolute Gasteiger partial charge is 0.469 e. The third-order valence-electron chi connectivity index (χ3n) is 6.51. The fraction of sp³-hybridized carbons (Fsp3) is 0.219. The highest BCUT2D eigenvalue weighted by atomic mass is 32.1. The van der Waals surface area contributed by atoms with Crippen LogP contribution in [0.15, 0.2) is 75.6 Å². The molecule has 0 bridgehead atoms. The van der Waals surface area contributed by atoms with Gasteiger partial charge in [0, 0.05) is 24.2 Å². The number of rotatable bonds is 12. The number of aromatic amines is 2. The molecule has 0 atom stereocenters. The van der Waals surface area contributed by atoms with E-state index in [2.05, 4.69) is 25.3 Å². The van der Waals surface area contributed by atoms with E-state index in [4.69, 9.17) is 0 Å². The van der Waals surface area contributed by atoms with E-state index >= 15 is 0 Å². The Labute approximate surface area is 251 Å². The number of ether oxygens (including phenoxy) is 1. The molecular formula is C32H32N4O6S. The summed E-state index contributed by atoms with van der Waals surface area (Å²) in [5, 5.41) is 7.69. The molecule has 0 aliphatic rings. The number of anilines is 1. The molecule has 4 rings (SSSR count). The minimum absolute atomic E-state index is 0.0817. The smallest absolute Gasteiger partial charge is 0.305 e. The summed E-state index contributed by atoms with van der Waals surface area (Å²) in [6.07, 6.45) is 6.85. The SMILES string of the molecule is COC(=O)CCCCCCNC(=O)c1ccc(/C=c2\[nH]c(=O)/c(=C/c3ccc(NC(=O)c4cccs4)cc3)[nH]c2=O)cc1. The Kier molecular flexibility index (Phi) is 11.0. The van der Waals surface area contributed by atoms with Crippen LogP contribution in [0.5, 0.6) is 0 Å². The average Bonchev–Trinajstić information content (AvgIpc) is 3.56. The topological polar surface area (TPSA) is 150 Å². The van der Waals surface area contributed by atoms with E-state index in [1.165, 1.54) is 24.5 Å². The van der Waals surface area contributed by atoms with Crippen LogP contribution in [0.1, 0.15) is 63.3 Å². The molecule has 0 aliphatic heterocycles. The molecule has 4 aromatic rings. The van der Waals surface area contributed by atoms with E-state index in [0.29, 0.717) is 40.2 Å². The lowest BCUT2D eigenvalue weighted by Gasteiger charge is -2.06. The number of carbonyl (C=O) groups is 3. The van der Waals surface area contributed by atoms with Crippen molar-refractivity contribution in [3.05, 3.63) is 119 Å². The zero-order chi connectivity index (χ0) is 30.6. The lowest BCUT2D eigenvalue weighted by Crippen LogP contribution is -2.46. The first-order valence-corrected chi connectivity index (χ1v) is 14.7. The second-order valence-electron chi connectivity index (χ2n) is 9.70. The minimum Gasteiger partial charge on any atom is -0.469 e. The van der Waals surface area contributed by atoms with Crippen molar-refractivity contribution in [3.63, 3.8) is 0 Å². The summed E-state index contributed by atoms with van der Waals surface area (Å²) in [6.45, 7) is 0.529. The van der Waals surface area contributed by atoms with Crippen LogP contribution in [0.2, 0.25) is 0 Å². The molecule has 0 fully saturated rings. The van der Waals surface area contributed by atoms with Crippen LogP contribution in [-0.4, -0.2) is 41.4 Å². The molecule has 2 heterocycles. The summed E-state index contributed by atoms with van der Waals surface area (Å²) in [6, 6.07) is 17.1. The van der Waals surface area contributed by atoms with Gasteiger partial charge in [0.15, 0.2) is 0 Å². The Morgan fingerprint density at radius 2 is 1.40 bits per heavy atom. The number of aromatic nitrogens is 2. The molecule has 222 valence electrons. The van der Waals surface area contributed by atoms with E-state index in [1.54, 1.807) is 66.7 Å². The van der Waals surface area contributed by atoms with Crippen molar-refractivity contribution in [1.82, 2.24) is 15.3 Å². The number of benzene rings is 2. The van der Waals surface area contributed by atoms with Crippen LogP contribution in [-0.2, 0) is 9.53 Å². The predicted octanol–water partition coefficient (Wildman–Crippen LogP) is 2.89. The number of H-pyrrole nitrogens is 2. The Morgan fingerprint density at radius 1 is 0.791 bits per heavy atom. The fourth-order valence-corrected chi connectivity index (χ4v) is 4.80. The second kappa shape index (κ2) is 15.3. The molecule has 2 aromatic heterocycles. The number of methoxy groups -OCH3 is 1. The molecule has 0 saturated heterocycles. The lowest BCUT2D eigenvalue weighted by molar-refractivity contribution is -0.140. The summed E-state index contributed by atoms with van der Waals surface area (Å²) in [7, 11) is 1.38. The highest BCUT2D eigenvalue weighted by Gasteiger charge is 2.07. The molecule has 0 saturated carbocycles. The van der Waals surface area contributed by atoms with E-state index in [1.807, 2.05) is 5.38 Å². The van der Waals surface area contributed by atoms with Crippen LogP contribution >= 0.6 is 11.3 Å². The number of carbonyl (C=O) groups excluding carboxylic acids is 3. The quantitative estimate of drug-likeness (QED) is 0.145. The number of amides is 2. The molecule has 11 heteroatoms. The van der Waals surface area contributed by atoms with Crippen LogP contribution in [0.25, 0.3) is 12.2 Å². The number of hydrogen-bond acceptors (Lipinski definition) is 7. The monoisotopic (exact) mass is 600 g/mol. The maximum Gasteiger partial charge on any atom is 0.305 e. The average molecular weight is 601 g/mol. The molecule has 10 nitrogen and oxygen atoms in total. The van der Waals surface area contributed by atoms with Gasteiger partial charge in [-0.2, -0.15) is 0 Å². The van der Waals surface area contributed by atoms with E-state index < -0.39 is 11.1 Å². The molecule has 0 unspecified atom stereocenters. The van der Waals surface area contributed by atoms with Gasteiger partial charge in [-0.1, -0.05) is 43.2 Å². The van der Waals surface area contributed by atoms with Gasteiger partial charge >= 0.3 is 5.97 Å². The fourth-order valence-electron chi connectivity index (χ4n) is 4.18. The predicted molar refractivity (Wildman–Crippen MR) is 167 cm³/mol. The van der Waals surface area contributed by atoms with Crippen molar-refractivity contribution in [3.8, 4) is 0 Å². The number of hydrogen-bond donors (Lipinski definition) is 4. The van der Waals surface area contributed by atoms with Crippen LogP contribution in [0, 0.1) is 0 Å². The van der Waals surface area contributed by atoms with Crippen molar-refractivity contribution in [2.75, 3.05) is 19.0 Å². The molecule has 0 radical (unpaired) electrons. The van der Waals surface area contributed by atoms with Crippen LogP contribution < -0.4 is 32.5 Å². The molecule has 0 spiro atoms. The summed E-state index contributed by atoms with van der Waals surface area (Å²) in [5.41, 5.74) is 1.45. The van der Waals surface area contributed by atoms with Gasteiger partial charge in [0.2, 0.25) is 0 Å². The van der Waals surface area contributed by atoms with Crippen LogP contribution in [0.4, 0.5) is 5.69 Å². The molecular weight excluding hydrogens is 568 g/mol. The second-order valence-corrected chi connectivity index (χ2v) is 10.6. The maximum atomic E-state index is 12.7. The van der Waals surface area contributed by atoms with Gasteiger partial charge in [0.1, 0.15) is 10.7 Å². The van der Waals surface area contributed by atoms with Crippen LogP contribution in [0.3, 0.4) is 0 Å². The van der Waals surface area contributed by atoms with Crippen molar-refractivity contribution in [2.24, 2.45) is 0 Å². The third-order valence-corrected chi connectivity index (χ3v) is 7.38. The number of nitrogens with one attached hydrogen (secondary N) is 4. The Morgan fingerprint density at radius 3 is 1.98 bits per heavy atom. The van der Waals surface area contributed by atoms with E-state index in [9.17, 15) is 24.0 Å². The summed E-state index contributed by atoms with van der Waals surface area (Å²) in [5.74, 6) is -0.614. The zero-order valence-electron chi connectivity index (χ0n) is 23.6. The number of thiophene rings is 1. The first-order chi connectivity index (χ1) is 20.8. The van der Waals surface area contributed by atoms with Gasteiger partial charge < -0.3 is 25.3 Å². The number of esters is 1. The van der Waals surface area contributed by atoms with Gasteiger partial charge in [-0.25, -0.2) is 0 Å². The molecule has 4 N–H and O–H groups in total. The van der Waals surface area contributed by atoms with Gasteiger partial charge in [0.25, 0.3) is 22.9 Å². The highest BCUT2D eigenvalue weighted by Crippen LogP contribution is 2.14. The molecule has 2 aromatic carbocycles. The molecule has 2 amide bonds. The van der Waals surface area contributed by atoms with Crippen molar-refractivity contribution >= 4 is 47.0 Å². The van der Waals surface area contributed by atoms with Gasteiger partial charge in [-0.15, -0.1) is 11.3 Å². The Hall–Kier alpha value is -5.03. The number of unbranched alkanes of at least 4 members (excludes halogenated alkanes) is 3. The van der Waals surface area contributed by atoms with E-state index in [-0.39, 0.29) is 28.5 Å². The lowest BCUT2D eigenvalue weighted by atomic mass is 10.1. The van der Waals surface area contributed by atoms with Crippen molar-refractivity contribution < 1.29 is 19.1 Å². The highest BCUT2D eigenvalue weighted by molar-refractivity contribution is 7.12. The van der Waals surface area contributed by atoms with Gasteiger partial charge in [-0.05, 0) is 71.8 Å². The van der Waals surface area contributed by atoms with Gasteiger partial charge in [0.05, 0.1) is 12.0 Å². The van der Waals surface area contributed by atoms with Crippen molar-refractivity contribution in [1.29, 1.82) is 0 Å². The standard InChI is InChI=1S/C32H32N4O6S/c1-42-28(37)8-4-2-3-5-17-33-29(38)23-13-9-21(10-14-23)19-25-30(39)36-26(31(40)35-25)20-22-11-15-24(16-12-22)34-32(41)27-7-6-18-43-27/h6-7,9-16,18-20H,2-5,8,17H2,1H3,(H,33,38)(H,34,41)(H,35,40)(H,36,39)/b25-19-,26-20-. The summed E-state index contributed by atoms with van der Waals surface area (Å²) >= 11 is 1.35. The Bertz CT molecular complexity index is 1790. The molecule has 43 heavy (non-hydrogen) atoms. The maximum absolute atomic E-state index is 12.7. The Balaban J connectivity index is 1.35. The van der Waals surface area contributed by atoms with Crippen molar-refractivity contribution in [2.45, 2.75) is 32.1 Å². The van der Waals surface area contributed by atoms with E-state index in [0.717, 1.165) is 25.7 Å². The van der Waals surface area contributed by atoms with Gasteiger partial charge in [-0.3, -0.25) is 24.0 Å². The minimum atomic E-state index is -0.473. The summed E-state index contributed by atoms with van der Waals surface area (Å²) < 4.78 is 4.61. The third kappa shape index (κ3) is 9.23. The normalized spacial score (nSPS) is 11.7.